The summed E-state index contributed by atoms with van der Waals surface area (Å²) in [6, 6.07) is 0. The summed E-state index contributed by atoms with van der Waals surface area (Å²) < 4.78 is 10.1. The van der Waals surface area contributed by atoms with Crippen molar-refractivity contribution < 1.29 is 9.47 Å². The van der Waals surface area contributed by atoms with Crippen LogP contribution in [-0.4, -0.2) is 26.3 Å². The Morgan fingerprint density at radius 2 is 2.00 bits per heavy atom. The zero-order chi connectivity index (χ0) is 10.4. The van der Waals surface area contributed by atoms with Gasteiger partial charge in [0.05, 0.1) is 18.9 Å². The molecular formula is C9H16N2O2S. The molecule has 0 unspecified atom stereocenters. The molecule has 1 rings (SSSR count). The Labute approximate surface area is 88.3 Å². The second kappa shape index (κ2) is 6.08. The third-order valence-electron chi connectivity index (χ3n) is 1.71. The van der Waals surface area contributed by atoms with E-state index in [1.807, 2.05) is 7.05 Å². The van der Waals surface area contributed by atoms with Crippen molar-refractivity contribution in [3.8, 4) is 0 Å². The maximum absolute atomic E-state index is 5.08. The summed E-state index contributed by atoms with van der Waals surface area (Å²) in [6.45, 7) is 1.97. The Bertz CT molecular complexity index is 252. The SMILES string of the molecule is CNCc1sc(COC)nc1COC. The largest absolute Gasteiger partial charge is 0.378 e. The van der Waals surface area contributed by atoms with Crippen LogP contribution in [0.5, 0.6) is 0 Å². The van der Waals surface area contributed by atoms with E-state index in [-0.39, 0.29) is 0 Å². The lowest BCUT2D eigenvalue weighted by Gasteiger charge is -1.98. The molecule has 0 spiro atoms. The Morgan fingerprint density at radius 3 is 2.57 bits per heavy atom. The standard InChI is InChI=1S/C9H16N2O2S/c1-10-4-8-7(5-12-2)11-9(14-8)6-13-3/h10H,4-6H2,1-3H3. The van der Waals surface area contributed by atoms with E-state index in [1.165, 1.54) is 4.88 Å². The molecule has 80 valence electrons. The highest BCUT2D eigenvalue weighted by Crippen LogP contribution is 2.19. The quantitative estimate of drug-likeness (QED) is 0.775. The second-order valence-corrected chi connectivity index (χ2v) is 4.04. The minimum absolute atomic E-state index is 0.567. The van der Waals surface area contributed by atoms with Gasteiger partial charge in [-0.3, -0.25) is 0 Å². The third kappa shape index (κ3) is 3.02. The van der Waals surface area contributed by atoms with E-state index in [9.17, 15) is 0 Å². The summed E-state index contributed by atoms with van der Waals surface area (Å²) in [4.78, 5) is 5.66. The fourth-order valence-electron chi connectivity index (χ4n) is 1.17. The van der Waals surface area contributed by atoms with Crippen LogP contribution in [0.15, 0.2) is 0 Å². The van der Waals surface area contributed by atoms with Crippen molar-refractivity contribution in [1.29, 1.82) is 0 Å². The minimum atomic E-state index is 0.567. The van der Waals surface area contributed by atoms with Gasteiger partial charge in [0.15, 0.2) is 0 Å². The third-order valence-corrected chi connectivity index (χ3v) is 2.78. The molecule has 1 aromatic heterocycles. The lowest BCUT2D eigenvalue weighted by molar-refractivity contribution is 0.176. The fourth-order valence-corrected chi connectivity index (χ4v) is 2.23. The van der Waals surface area contributed by atoms with Crippen molar-refractivity contribution in [1.82, 2.24) is 10.3 Å². The maximum Gasteiger partial charge on any atom is 0.119 e. The maximum atomic E-state index is 5.08. The Morgan fingerprint density at radius 1 is 1.29 bits per heavy atom. The molecule has 0 bridgehead atoms. The van der Waals surface area contributed by atoms with E-state index < -0.39 is 0 Å². The molecule has 0 fully saturated rings. The van der Waals surface area contributed by atoms with Gasteiger partial charge in [-0.2, -0.15) is 0 Å². The van der Waals surface area contributed by atoms with Gasteiger partial charge in [-0.15, -0.1) is 11.3 Å². The lowest BCUT2D eigenvalue weighted by Crippen LogP contribution is -2.06. The average Bonchev–Trinajstić information content (AvgIpc) is 2.50. The second-order valence-electron chi connectivity index (χ2n) is 2.87. The minimum Gasteiger partial charge on any atom is -0.378 e. The van der Waals surface area contributed by atoms with Crippen LogP contribution in [0, 0.1) is 0 Å². The zero-order valence-electron chi connectivity index (χ0n) is 8.79. The van der Waals surface area contributed by atoms with Gasteiger partial charge in [0, 0.05) is 25.6 Å². The average molecular weight is 216 g/mol. The van der Waals surface area contributed by atoms with Crippen LogP contribution in [0.3, 0.4) is 0 Å². The molecular weight excluding hydrogens is 200 g/mol. The van der Waals surface area contributed by atoms with E-state index in [2.05, 4.69) is 10.3 Å². The van der Waals surface area contributed by atoms with Crippen LogP contribution >= 0.6 is 11.3 Å². The van der Waals surface area contributed by atoms with Gasteiger partial charge in [-0.25, -0.2) is 4.98 Å². The number of thiazole rings is 1. The molecule has 4 nitrogen and oxygen atoms in total. The normalized spacial score (nSPS) is 10.8. The van der Waals surface area contributed by atoms with Gasteiger partial charge < -0.3 is 14.8 Å². The monoisotopic (exact) mass is 216 g/mol. The highest BCUT2D eigenvalue weighted by atomic mass is 32.1. The number of rotatable bonds is 6. The van der Waals surface area contributed by atoms with Gasteiger partial charge in [-0.05, 0) is 7.05 Å². The Hall–Kier alpha value is -0.490. The molecule has 1 N–H and O–H groups in total. The van der Waals surface area contributed by atoms with Crippen molar-refractivity contribution in [2.75, 3.05) is 21.3 Å². The number of hydrogen-bond acceptors (Lipinski definition) is 5. The highest BCUT2D eigenvalue weighted by Gasteiger charge is 2.09. The molecule has 0 aliphatic carbocycles. The van der Waals surface area contributed by atoms with Crippen LogP contribution in [0.2, 0.25) is 0 Å². The molecule has 0 saturated heterocycles. The number of aromatic nitrogens is 1. The first kappa shape index (κ1) is 11.6. The van der Waals surface area contributed by atoms with E-state index in [1.54, 1.807) is 25.6 Å². The molecule has 0 aliphatic heterocycles. The van der Waals surface area contributed by atoms with Crippen molar-refractivity contribution >= 4 is 11.3 Å². The number of hydrogen-bond donors (Lipinski definition) is 1. The summed E-state index contributed by atoms with van der Waals surface area (Å²) in [5, 5.41) is 4.12. The van der Waals surface area contributed by atoms with Crippen LogP contribution in [-0.2, 0) is 29.2 Å². The summed E-state index contributed by atoms with van der Waals surface area (Å²) in [7, 11) is 5.28. The number of nitrogens with zero attached hydrogens (tertiary/aromatic N) is 1. The topological polar surface area (TPSA) is 43.4 Å². The van der Waals surface area contributed by atoms with Crippen molar-refractivity contribution in [2.24, 2.45) is 0 Å². The summed E-state index contributed by atoms with van der Waals surface area (Å²) in [5.74, 6) is 0. The van der Waals surface area contributed by atoms with Crippen molar-refractivity contribution in [3.05, 3.63) is 15.6 Å². The van der Waals surface area contributed by atoms with E-state index >= 15 is 0 Å². The Balaban J connectivity index is 2.76. The summed E-state index contributed by atoms with van der Waals surface area (Å²) >= 11 is 1.67. The predicted octanol–water partition coefficient (Wildman–Crippen LogP) is 1.16. The van der Waals surface area contributed by atoms with Gasteiger partial charge >= 0.3 is 0 Å². The van der Waals surface area contributed by atoms with E-state index in [0.717, 1.165) is 17.2 Å². The van der Waals surface area contributed by atoms with E-state index in [4.69, 9.17) is 9.47 Å². The van der Waals surface area contributed by atoms with Gasteiger partial charge in [0.25, 0.3) is 0 Å². The van der Waals surface area contributed by atoms with Gasteiger partial charge in [-0.1, -0.05) is 0 Å². The zero-order valence-corrected chi connectivity index (χ0v) is 9.61. The molecule has 0 amide bonds. The van der Waals surface area contributed by atoms with Crippen LogP contribution in [0.4, 0.5) is 0 Å². The number of ether oxygens (including phenoxy) is 2. The smallest absolute Gasteiger partial charge is 0.119 e. The van der Waals surface area contributed by atoms with Crippen molar-refractivity contribution in [3.63, 3.8) is 0 Å². The molecule has 14 heavy (non-hydrogen) atoms. The first-order chi connectivity index (χ1) is 6.81. The number of nitrogens with one attached hydrogen (secondary N) is 1. The molecule has 0 aromatic carbocycles. The highest BCUT2D eigenvalue weighted by molar-refractivity contribution is 7.11. The van der Waals surface area contributed by atoms with Gasteiger partial charge in [0.2, 0.25) is 0 Å². The lowest BCUT2D eigenvalue weighted by atomic mass is 10.4. The first-order valence-electron chi connectivity index (χ1n) is 4.41. The molecule has 0 aliphatic rings. The molecule has 0 atom stereocenters. The fraction of sp³-hybridized carbons (Fsp3) is 0.667. The molecule has 0 saturated carbocycles. The molecule has 1 heterocycles. The summed E-state index contributed by atoms with van der Waals surface area (Å²) in [6.07, 6.45) is 0. The summed E-state index contributed by atoms with van der Waals surface area (Å²) in [5.41, 5.74) is 1.01. The van der Waals surface area contributed by atoms with Crippen LogP contribution in [0.25, 0.3) is 0 Å². The van der Waals surface area contributed by atoms with Crippen molar-refractivity contribution in [2.45, 2.75) is 19.8 Å². The van der Waals surface area contributed by atoms with Crippen LogP contribution < -0.4 is 5.32 Å². The van der Waals surface area contributed by atoms with E-state index in [0.29, 0.717) is 13.2 Å². The molecule has 0 radical (unpaired) electrons. The Kier molecular flexibility index (Phi) is 5.03. The molecule has 5 heteroatoms. The number of methoxy groups -OCH3 is 2. The van der Waals surface area contributed by atoms with Crippen LogP contribution in [0.1, 0.15) is 15.6 Å². The predicted molar refractivity (Wildman–Crippen MR) is 56.3 cm³/mol. The van der Waals surface area contributed by atoms with Gasteiger partial charge in [0.1, 0.15) is 5.01 Å². The first-order valence-corrected chi connectivity index (χ1v) is 5.23. The molecule has 1 aromatic rings.